The Labute approximate surface area is 517 Å². The predicted octanol–water partition coefficient (Wildman–Crippen LogP) is 23.5. The average molecular weight is 1130 g/mol. The summed E-state index contributed by atoms with van der Waals surface area (Å²) < 4.78 is 0. The Bertz CT molecular complexity index is 4290. The zero-order chi connectivity index (χ0) is 59.3. The van der Waals surface area contributed by atoms with E-state index in [2.05, 4.69) is 375 Å². The Morgan fingerprint density at radius 2 is 0.477 bits per heavy atom. The first-order valence-corrected chi connectivity index (χ1v) is 30.6. The lowest BCUT2D eigenvalue weighted by atomic mass is 9.79. The van der Waals surface area contributed by atoms with Gasteiger partial charge in [0.25, 0.3) is 0 Å². The summed E-state index contributed by atoms with van der Waals surface area (Å²) in [4.78, 5) is 9.55. The van der Waals surface area contributed by atoms with Gasteiger partial charge in [-0.2, -0.15) is 0 Å². The van der Waals surface area contributed by atoms with Crippen LogP contribution in [0.5, 0.6) is 0 Å². The molecule has 0 aromatic heterocycles. The van der Waals surface area contributed by atoms with E-state index in [-0.39, 0.29) is 10.8 Å². The van der Waals surface area contributed by atoms with Crippen LogP contribution in [0.1, 0.15) is 49.9 Å². The summed E-state index contributed by atoms with van der Waals surface area (Å²) in [7, 11) is 0. The van der Waals surface area contributed by atoms with Crippen molar-refractivity contribution < 1.29 is 0 Å². The lowest BCUT2D eigenvalue weighted by Crippen LogP contribution is -2.17. The third-order valence-corrected chi connectivity index (χ3v) is 18.1. The quantitative estimate of drug-likeness (QED) is 0.108. The first-order valence-electron chi connectivity index (χ1n) is 30.6. The van der Waals surface area contributed by atoms with Gasteiger partial charge in [-0.1, -0.05) is 204 Å². The van der Waals surface area contributed by atoms with Crippen LogP contribution in [-0.2, 0) is 10.8 Å². The molecular formula is C84H66N4. The molecule has 13 aromatic carbocycles. The second-order valence-electron chi connectivity index (χ2n) is 24.2. The van der Waals surface area contributed by atoms with E-state index < -0.39 is 0 Å². The molecule has 0 bridgehead atoms. The van der Waals surface area contributed by atoms with E-state index >= 15 is 0 Å². The van der Waals surface area contributed by atoms with Crippen molar-refractivity contribution >= 4 is 68.2 Å². The molecule has 4 heteroatoms. The fourth-order valence-electron chi connectivity index (χ4n) is 13.9. The number of hydrogen-bond acceptors (Lipinski definition) is 4. The highest BCUT2D eigenvalue weighted by Gasteiger charge is 2.43. The molecule has 0 N–H and O–H groups in total. The van der Waals surface area contributed by atoms with Gasteiger partial charge in [0.15, 0.2) is 0 Å². The largest absolute Gasteiger partial charge is 0.310 e. The number of hydrogen-bond donors (Lipinski definition) is 0. The first kappa shape index (κ1) is 53.8. The van der Waals surface area contributed by atoms with Gasteiger partial charge in [-0.15, -0.1) is 0 Å². The van der Waals surface area contributed by atoms with Crippen molar-refractivity contribution in [3.63, 3.8) is 0 Å². The Morgan fingerprint density at radius 1 is 0.182 bits per heavy atom. The molecule has 88 heavy (non-hydrogen) atoms. The van der Waals surface area contributed by atoms with Crippen LogP contribution in [0.25, 0.3) is 44.5 Å². The van der Waals surface area contributed by atoms with Gasteiger partial charge in [-0.3, -0.25) is 0 Å². The van der Waals surface area contributed by atoms with Gasteiger partial charge < -0.3 is 19.6 Å². The van der Waals surface area contributed by atoms with Crippen LogP contribution in [0, 0.1) is 0 Å². The minimum Gasteiger partial charge on any atom is -0.310 e. The number of para-hydroxylation sites is 8. The number of benzene rings is 13. The molecule has 422 valence electrons. The Balaban J connectivity index is 0.893. The van der Waals surface area contributed by atoms with Crippen molar-refractivity contribution in [3.8, 4) is 44.5 Å². The average Bonchev–Trinajstić information content (AvgIpc) is 1.77. The van der Waals surface area contributed by atoms with Gasteiger partial charge in [0.2, 0.25) is 0 Å². The van der Waals surface area contributed by atoms with Crippen molar-refractivity contribution in [3.05, 3.63) is 350 Å². The van der Waals surface area contributed by atoms with E-state index in [0.29, 0.717) is 0 Å². The topological polar surface area (TPSA) is 13.0 Å². The molecule has 15 rings (SSSR count). The molecule has 0 saturated heterocycles. The van der Waals surface area contributed by atoms with E-state index in [0.717, 1.165) is 79.4 Å². The van der Waals surface area contributed by atoms with Gasteiger partial charge in [0.05, 0.1) is 0 Å². The fourth-order valence-corrected chi connectivity index (χ4v) is 13.9. The molecule has 2 aliphatic carbocycles. The lowest BCUT2D eigenvalue weighted by Gasteiger charge is -2.30. The minimum absolute atomic E-state index is 0.285. The third-order valence-electron chi connectivity index (χ3n) is 18.1. The maximum Gasteiger partial charge on any atom is 0.0488 e. The van der Waals surface area contributed by atoms with Gasteiger partial charge in [0.1, 0.15) is 0 Å². The molecule has 0 atom stereocenters. The standard InChI is InChI=1S/C84H66N4/c1-83(2)78-47-29-46-74(61-52-72(87(66-38-21-9-22-39-66)67-40-23-10-24-41-67)56-73(53-61)88(68-42-25-11-26-43-68)69-44-27-12-28-45-69)82(78)77-58-80-76(57-81(77)83)75-49-48-59(54-79(75)84(80,3)4)60-50-70(85(62-30-13-5-14-31-62)63-32-15-6-16-33-63)55-71(51-60)86(64-34-17-7-18-35-64)65-36-19-8-20-37-65/h5-58H,1-4H3. The molecule has 0 heterocycles. The summed E-state index contributed by atoms with van der Waals surface area (Å²) in [6.07, 6.45) is 0. The van der Waals surface area contributed by atoms with Crippen molar-refractivity contribution in [2.24, 2.45) is 0 Å². The van der Waals surface area contributed by atoms with E-state index in [1.165, 1.54) is 55.6 Å². The van der Waals surface area contributed by atoms with Crippen LogP contribution in [-0.4, -0.2) is 0 Å². The van der Waals surface area contributed by atoms with E-state index in [1.54, 1.807) is 0 Å². The highest BCUT2D eigenvalue weighted by atomic mass is 15.2. The number of nitrogens with zero attached hydrogens (tertiary/aromatic N) is 4. The van der Waals surface area contributed by atoms with Crippen LogP contribution in [0.15, 0.2) is 328 Å². The van der Waals surface area contributed by atoms with Crippen LogP contribution in [0.3, 0.4) is 0 Å². The Kier molecular flexibility index (Phi) is 13.5. The van der Waals surface area contributed by atoms with Gasteiger partial charge in [-0.25, -0.2) is 0 Å². The Morgan fingerprint density at radius 3 is 0.830 bits per heavy atom. The smallest absolute Gasteiger partial charge is 0.0488 e. The molecule has 0 saturated carbocycles. The first-order chi connectivity index (χ1) is 43.2. The SMILES string of the molecule is CC1(C)c2cc(-c3cc(N(c4ccccc4)c4ccccc4)cc(N(c4ccccc4)c4ccccc4)c3)ccc2-c2cc3c(cc21)-c1c(-c2cc(N(c4ccccc4)c4ccccc4)cc(N(c4ccccc4)c4ccccc4)c2)cccc1C3(C)C. The van der Waals surface area contributed by atoms with Crippen molar-refractivity contribution in [1.82, 2.24) is 0 Å². The maximum atomic E-state index is 2.57. The second kappa shape index (κ2) is 22.2. The summed E-state index contributed by atoms with van der Waals surface area (Å²) in [5.41, 5.74) is 27.6. The molecule has 0 spiro atoms. The summed E-state index contributed by atoms with van der Waals surface area (Å²) in [5.74, 6) is 0. The monoisotopic (exact) mass is 1130 g/mol. The van der Waals surface area contributed by atoms with E-state index in [9.17, 15) is 0 Å². The van der Waals surface area contributed by atoms with Gasteiger partial charge >= 0.3 is 0 Å². The molecule has 13 aromatic rings. The molecular weight excluding hydrogens is 1060 g/mol. The van der Waals surface area contributed by atoms with E-state index in [1.807, 2.05) is 0 Å². The number of rotatable bonds is 14. The van der Waals surface area contributed by atoms with Crippen molar-refractivity contribution in [2.45, 2.75) is 38.5 Å². The summed E-state index contributed by atoms with van der Waals surface area (Å²) in [6, 6.07) is 120. The molecule has 2 aliphatic rings. The normalized spacial score (nSPS) is 13.0. The molecule has 0 unspecified atom stereocenters. The highest BCUT2D eigenvalue weighted by molar-refractivity contribution is 5.99. The van der Waals surface area contributed by atoms with Crippen LogP contribution in [0.4, 0.5) is 68.2 Å². The van der Waals surface area contributed by atoms with Gasteiger partial charge in [-0.05, 0) is 218 Å². The fraction of sp³-hybridized carbons (Fsp3) is 0.0714. The molecule has 0 radical (unpaired) electrons. The second-order valence-corrected chi connectivity index (χ2v) is 24.2. The molecule has 0 aliphatic heterocycles. The molecule has 0 amide bonds. The summed E-state index contributed by atoms with van der Waals surface area (Å²) in [6.45, 7) is 9.71. The van der Waals surface area contributed by atoms with Crippen molar-refractivity contribution in [1.29, 1.82) is 0 Å². The number of fused-ring (bicyclic) bond motifs is 6. The Hall–Kier alpha value is -10.9. The summed E-state index contributed by atoms with van der Waals surface area (Å²) in [5, 5.41) is 0. The predicted molar refractivity (Wildman–Crippen MR) is 371 cm³/mol. The molecule has 0 fully saturated rings. The van der Waals surface area contributed by atoms with E-state index in [4.69, 9.17) is 0 Å². The highest BCUT2D eigenvalue weighted by Crippen LogP contribution is 2.59. The third kappa shape index (κ3) is 9.51. The zero-order valence-corrected chi connectivity index (χ0v) is 50.0. The number of anilines is 12. The maximum absolute atomic E-state index is 2.57. The van der Waals surface area contributed by atoms with Crippen LogP contribution < -0.4 is 19.6 Å². The summed E-state index contributed by atoms with van der Waals surface area (Å²) >= 11 is 0. The van der Waals surface area contributed by atoms with Gasteiger partial charge in [0, 0.05) is 79.1 Å². The molecule has 4 nitrogen and oxygen atoms in total. The minimum atomic E-state index is -0.330. The van der Waals surface area contributed by atoms with Crippen LogP contribution in [0.2, 0.25) is 0 Å². The van der Waals surface area contributed by atoms with Crippen molar-refractivity contribution in [2.75, 3.05) is 19.6 Å². The zero-order valence-electron chi connectivity index (χ0n) is 50.0. The lowest BCUT2D eigenvalue weighted by molar-refractivity contribution is 0.652. The van der Waals surface area contributed by atoms with Crippen LogP contribution >= 0.6 is 0 Å².